The molecule has 0 unspecified atom stereocenters. The summed E-state index contributed by atoms with van der Waals surface area (Å²) < 4.78 is 18.6. The number of rotatable bonds is 37. The van der Waals surface area contributed by atoms with Crippen LogP contribution in [0, 0.1) is 0 Å². The Morgan fingerprint density at radius 2 is 0.702 bits per heavy atom. The van der Waals surface area contributed by atoms with Gasteiger partial charge in [0.05, 0.1) is 25.4 Å². The first-order chi connectivity index (χ1) is 23.2. The van der Waals surface area contributed by atoms with Crippen LogP contribution in [-0.2, 0) is 15.4 Å². The number of benzene rings is 1. The highest BCUT2D eigenvalue weighted by atomic mass is 16.8. The SMILES string of the molecule is CCCCCCCCCCCCOc1ccccc1C(O)(OCCCCCCCCCCCC)OCCCCCCCCCCCC. The molecule has 0 amide bonds. The molecule has 0 heterocycles. The summed E-state index contributed by atoms with van der Waals surface area (Å²) in [5.41, 5.74) is 0.603. The molecule has 0 aromatic heterocycles. The number of aliphatic hydroxyl groups is 1. The van der Waals surface area contributed by atoms with Crippen molar-refractivity contribution in [3.63, 3.8) is 0 Å². The van der Waals surface area contributed by atoms with E-state index in [0.717, 1.165) is 32.1 Å². The van der Waals surface area contributed by atoms with Crippen molar-refractivity contribution in [3.05, 3.63) is 29.8 Å². The van der Waals surface area contributed by atoms with Crippen LogP contribution in [0.3, 0.4) is 0 Å². The zero-order valence-corrected chi connectivity index (χ0v) is 31.8. The summed E-state index contributed by atoms with van der Waals surface area (Å²) in [6.07, 6.45) is 38.4. The average Bonchev–Trinajstić information content (AvgIpc) is 3.08. The summed E-state index contributed by atoms with van der Waals surface area (Å²) in [5, 5.41) is 11.8. The van der Waals surface area contributed by atoms with E-state index in [-0.39, 0.29) is 0 Å². The smallest absolute Gasteiger partial charge is 0.313 e. The molecule has 1 aromatic carbocycles. The Labute approximate surface area is 293 Å². The van der Waals surface area contributed by atoms with Crippen molar-refractivity contribution >= 4 is 0 Å². The van der Waals surface area contributed by atoms with E-state index >= 15 is 0 Å². The molecule has 4 heteroatoms. The van der Waals surface area contributed by atoms with Crippen LogP contribution in [0.1, 0.15) is 219 Å². The fourth-order valence-corrected chi connectivity index (χ4v) is 6.42. The molecule has 276 valence electrons. The Bertz CT molecular complexity index is 740. The fraction of sp³-hybridized carbons (Fsp3) is 0.860. The molecule has 0 atom stereocenters. The Hall–Kier alpha value is -1.10. The second-order valence-corrected chi connectivity index (χ2v) is 14.2. The quantitative estimate of drug-likeness (QED) is 0.0570. The Morgan fingerprint density at radius 1 is 0.404 bits per heavy atom. The minimum Gasteiger partial charge on any atom is -0.493 e. The first kappa shape index (κ1) is 43.9. The van der Waals surface area contributed by atoms with Gasteiger partial charge in [-0.1, -0.05) is 206 Å². The Balaban J connectivity index is 2.50. The summed E-state index contributed by atoms with van der Waals surface area (Å²) in [5.74, 6) is -1.09. The van der Waals surface area contributed by atoms with Gasteiger partial charge in [0.2, 0.25) is 0 Å². The lowest BCUT2D eigenvalue weighted by Crippen LogP contribution is -2.34. The minimum atomic E-state index is -1.77. The highest BCUT2D eigenvalue weighted by Crippen LogP contribution is 2.33. The normalized spacial score (nSPS) is 11.8. The van der Waals surface area contributed by atoms with E-state index in [0.29, 0.717) is 31.1 Å². The van der Waals surface area contributed by atoms with Gasteiger partial charge in [-0.2, -0.15) is 0 Å². The minimum absolute atomic E-state index is 0.484. The summed E-state index contributed by atoms with van der Waals surface area (Å²) in [7, 11) is 0. The molecule has 1 N–H and O–H groups in total. The maximum atomic E-state index is 11.8. The van der Waals surface area contributed by atoms with Crippen LogP contribution in [0.4, 0.5) is 0 Å². The van der Waals surface area contributed by atoms with Gasteiger partial charge in [0.25, 0.3) is 0 Å². The van der Waals surface area contributed by atoms with Gasteiger partial charge in [0.1, 0.15) is 5.75 Å². The second-order valence-electron chi connectivity index (χ2n) is 14.2. The van der Waals surface area contributed by atoms with E-state index in [9.17, 15) is 5.11 Å². The molecule has 0 fully saturated rings. The van der Waals surface area contributed by atoms with Gasteiger partial charge in [-0.25, -0.2) is 0 Å². The molecule has 0 saturated heterocycles. The highest BCUT2D eigenvalue weighted by molar-refractivity contribution is 5.35. The van der Waals surface area contributed by atoms with Gasteiger partial charge in [0.15, 0.2) is 0 Å². The predicted molar refractivity (Wildman–Crippen MR) is 203 cm³/mol. The number of para-hydroxylation sites is 1. The van der Waals surface area contributed by atoms with Gasteiger partial charge >= 0.3 is 5.97 Å². The molecule has 0 radical (unpaired) electrons. The standard InChI is InChI=1S/C43H80O4/c1-4-7-10-13-16-19-22-25-28-33-38-45-42-37-32-31-36-41(42)43(44,46-39-34-29-26-23-20-17-14-11-8-5-2)47-40-35-30-27-24-21-18-15-12-9-6-3/h31-32,36-37,44H,4-30,33-35,38-40H2,1-3H3. The third-order valence-corrected chi connectivity index (χ3v) is 9.57. The van der Waals surface area contributed by atoms with Gasteiger partial charge in [-0.05, 0) is 31.4 Å². The van der Waals surface area contributed by atoms with Crippen molar-refractivity contribution in [3.8, 4) is 5.75 Å². The fourth-order valence-electron chi connectivity index (χ4n) is 6.42. The molecule has 1 rings (SSSR count). The molecule has 47 heavy (non-hydrogen) atoms. The van der Waals surface area contributed by atoms with Crippen molar-refractivity contribution in [1.82, 2.24) is 0 Å². The number of hydrogen-bond acceptors (Lipinski definition) is 4. The van der Waals surface area contributed by atoms with Crippen LogP contribution in [0.2, 0.25) is 0 Å². The molecule has 1 aromatic rings. The van der Waals surface area contributed by atoms with E-state index in [2.05, 4.69) is 20.8 Å². The third-order valence-electron chi connectivity index (χ3n) is 9.57. The number of unbranched alkanes of at least 4 members (excludes halogenated alkanes) is 27. The van der Waals surface area contributed by atoms with Crippen molar-refractivity contribution in [2.24, 2.45) is 0 Å². The van der Waals surface area contributed by atoms with Crippen molar-refractivity contribution in [2.45, 2.75) is 219 Å². The molecule has 0 bridgehead atoms. The van der Waals surface area contributed by atoms with Gasteiger partial charge < -0.3 is 19.3 Å². The molecule has 0 saturated carbocycles. The van der Waals surface area contributed by atoms with Crippen molar-refractivity contribution in [2.75, 3.05) is 19.8 Å². The highest BCUT2D eigenvalue weighted by Gasteiger charge is 2.35. The van der Waals surface area contributed by atoms with Crippen LogP contribution in [-0.4, -0.2) is 24.9 Å². The lowest BCUT2D eigenvalue weighted by molar-refractivity contribution is -0.374. The van der Waals surface area contributed by atoms with Crippen LogP contribution in [0.15, 0.2) is 24.3 Å². The zero-order chi connectivity index (χ0) is 33.9. The molecule has 0 aliphatic heterocycles. The molecule has 0 aliphatic carbocycles. The first-order valence-electron chi connectivity index (χ1n) is 20.9. The van der Waals surface area contributed by atoms with Crippen molar-refractivity contribution < 1.29 is 19.3 Å². The van der Waals surface area contributed by atoms with E-state index in [1.54, 1.807) is 0 Å². The number of hydrogen-bond donors (Lipinski definition) is 1. The van der Waals surface area contributed by atoms with Gasteiger partial charge in [-0.3, -0.25) is 0 Å². The van der Waals surface area contributed by atoms with Gasteiger partial charge in [-0.15, -0.1) is 0 Å². The predicted octanol–water partition coefficient (Wildman–Crippen LogP) is 14.0. The summed E-state index contributed by atoms with van der Waals surface area (Å²) in [6.45, 7) is 8.45. The lowest BCUT2D eigenvalue weighted by atomic mass is 10.1. The topological polar surface area (TPSA) is 47.9 Å². The van der Waals surface area contributed by atoms with E-state index < -0.39 is 5.97 Å². The van der Waals surface area contributed by atoms with Crippen LogP contribution in [0.25, 0.3) is 0 Å². The lowest BCUT2D eigenvalue weighted by Gasteiger charge is -2.30. The third kappa shape index (κ3) is 25.5. The van der Waals surface area contributed by atoms with Crippen LogP contribution < -0.4 is 4.74 Å². The summed E-state index contributed by atoms with van der Waals surface area (Å²) >= 11 is 0. The van der Waals surface area contributed by atoms with Gasteiger partial charge in [0, 0.05) is 0 Å². The molecule has 0 aliphatic rings. The molecule has 4 nitrogen and oxygen atoms in total. The Morgan fingerprint density at radius 3 is 1.06 bits per heavy atom. The van der Waals surface area contributed by atoms with Crippen molar-refractivity contribution in [1.29, 1.82) is 0 Å². The maximum Gasteiger partial charge on any atom is 0.313 e. The van der Waals surface area contributed by atoms with E-state index in [1.807, 2.05) is 24.3 Å². The molecule has 0 spiro atoms. The monoisotopic (exact) mass is 661 g/mol. The van der Waals surface area contributed by atoms with Crippen LogP contribution >= 0.6 is 0 Å². The Kier molecular flexibility index (Phi) is 31.2. The molecular formula is C43H80O4. The zero-order valence-electron chi connectivity index (χ0n) is 31.8. The average molecular weight is 661 g/mol. The first-order valence-corrected chi connectivity index (χ1v) is 20.9. The second kappa shape index (κ2) is 33.4. The summed E-state index contributed by atoms with van der Waals surface area (Å²) in [4.78, 5) is 0. The largest absolute Gasteiger partial charge is 0.493 e. The van der Waals surface area contributed by atoms with E-state index in [1.165, 1.54) is 161 Å². The van der Waals surface area contributed by atoms with Crippen LogP contribution in [0.5, 0.6) is 5.75 Å². The maximum absolute atomic E-state index is 11.8. The van der Waals surface area contributed by atoms with E-state index in [4.69, 9.17) is 14.2 Å². The number of ether oxygens (including phenoxy) is 3. The summed E-state index contributed by atoms with van der Waals surface area (Å²) in [6, 6.07) is 7.78. The molecular weight excluding hydrogens is 580 g/mol.